The fourth-order valence-electron chi connectivity index (χ4n) is 3.54. The molecule has 9 heteroatoms. The Morgan fingerprint density at radius 2 is 1.91 bits per heavy atom. The monoisotopic (exact) mass is 434 g/mol. The first-order chi connectivity index (χ1) is 15.3. The smallest absolute Gasteiger partial charge is 0.335 e. The molecule has 0 saturated heterocycles. The molecule has 4 rings (SSSR count). The van der Waals surface area contributed by atoms with Crippen LogP contribution in [0.2, 0.25) is 0 Å². The third-order valence-corrected chi connectivity index (χ3v) is 5.01. The molecule has 1 aliphatic heterocycles. The summed E-state index contributed by atoms with van der Waals surface area (Å²) < 4.78 is 14.2. The molecule has 162 valence electrons. The molecular formula is C23H19FN4O4. The van der Waals surface area contributed by atoms with Gasteiger partial charge >= 0.3 is 5.69 Å². The lowest BCUT2D eigenvalue weighted by Gasteiger charge is -2.11. The molecule has 0 unspecified atom stereocenters. The number of para-hydroxylation sites is 1. The molecule has 0 radical (unpaired) electrons. The molecule has 8 nitrogen and oxygen atoms in total. The molecule has 1 aromatic heterocycles. The van der Waals surface area contributed by atoms with Crippen LogP contribution in [0.4, 0.5) is 4.39 Å². The predicted octanol–water partition coefficient (Wildman–Crippen LogP) is 0.722. The van der Waals surface area contributed by atoms with Crippen LogP contribution in [0.25, 0.3) is 17.3 Å². The largest absolute Gasteiger partial charge is 0.494 e. The molecule has 2 aromatic carbocycles. The second kappa shape index (κ2) is 8.46. The highest BCUT2D eigenvalue weighted by Crippen LogP contribution is 2.24. The highest BCUT2D eigenvalue weighted by molar-refractivity contribution is 5.77. The van der Waals surface area contributed by atoms with Crippen LogP contribution in [0.1, 0.15) is 18.9 Å². The number of halogens is 1. The number of aromatic amines is 1. The minimum absolute atomic E-state index is 0.167. The van der Waals surface area contributed by atoms with Gasteiger partial charge in [0.25, 0.3) is 5.56 Å². The van der Waals surface area contributed by atoms with E-state index in [2.05, 4.69) is 15.3 Å². The van der Waals surface area contributed by atoms with E-state index >= 15 is 0 Å². The van der Waals surface area contributed by atoms with E-state index < -0.39 is 22.9 Å². The van der Waals surface area contributed by atoms with E-state index in [0.717, 1.165) is 27.5 Å². The number of carbonyl (C=O) groups is 1. The second-order valence-electron chi connectivity index (χ2n) is 7.18. The summed E-state index contributed by atoms with van der Waals surface area (Å²) in [5, 5.41) is 15.1. The van der Waals surface area contributed by atoms with Crippen molar-refractivity contribution in [3.8, 4) is 11.6 Å². The zero-order valence-corrected chi connectivity index (χ0v) is 17.1. The van der Waals surface area contributed by atoms with Crippen LogP contribution in [-0.2, 0) is 4.79 Å². The molecule has 0 aliphatic carbocycles. The fourth-order valence-corrected chi connectivity index (χ4v) is 3.54. The fraction of sp³-hybridized carbons (Fsp3) is 0.130. The van der Waals surface area contributed by atoms with E-state index in [1.165, 1.54) is 25.1 Å². The summed E-state index contributed by atoms with van der Waals surface area (Å²) >= 11 is 0. The van der Waals surface area contributed by atoms with Crippen LogP contribution in [0.3, 0.4) is 0 Å². The number of amides is 1. The summed E-state index contributed by atoms with van der Waals surface area (Å²) in [6.45, 7) is 1.79. The van der Waals surface area contributed by atoms with E-state index in [0.29, 0.717) is 24.0 Å². The summed E-state index contributed by atoms with van der Waals surface area (Å²) in [6, 6.07) is 12.3. The van der Waals surface area contributed by atoms with E-state index in [1.54, 1.807) is 0 Å². The van der Waals surface area contributed by atoms with Crippen molar-refractivity contribution in [2.75, 3.05) is 6.54 Å². The summed E-state index contributed by atoms with van der Waals surface area (Å²) in [5.41, 5.74) is -0.411. The Kier molecular flexibility index (Phi) is 5.55. The second-order valence-corrected chi connectivity index (χ2v) is 7.18. The van der Waals surface area contributed by atoms with E-state index in [-0.39, 0.29) is 17.2 Å². The van der Waals surface area contributed by atoms with Crippen molar-refractivity contribution in [1.29, 1.82) is 0 Å². The number of H-pyrrole nitrogens is 1. The van der Waals surface area contributed by atoms with Gasteiger partial charge in [-0.2, -0.15) is 0 Å². The number of benzene rings is 2. The molecule has 32 heavy (non-hydrogen) atoms. The number of nitrogens with one attached hydrogen (secondary N) is 2. The first-order valence-corrected chi connectivity index (χ1v) is 9.83. The van der Waals surface area contributed by atoms with Crippen molar-refractivity contribution in [2.24, 2.45) is 4.99 Å². The molecule has 0 fully saturated rings. The van der Waals surface area contributed by atoms with Crippen molar-refractivity contribution < 1.29 is 14.3 Å². The number of allylic oxidation sites excluding steroid dienone is 1. The van der Waals surface area contributed by atoms with Crippen LogP contribution < -0.4 is 27.1 Å². The predicted molar refractivity (Wildman–Crippen MR) is 116 cm³/mol. The Balaban J connectivity index is 1.86. The molecule has 0 atom stereocenters. The van der Waals surface area contributed by atoms with Gasteiger partial charge in [0.1, 0.15) is 11.4 Å². The summed E-state index contributed by atoms with van der Waals surface area (Å²) in [6.07, 6.45) is 1.85. The minimum atomic E-state index is -0.859. The maximum atomic E-state index is 13.3. The van der Waals surface area contributed by atoms with Gasteiger partial charge in [-0.1, -0.05) is 18.2 Å². The third kappa shape index (κ3) is 4.00. The van der Waals surface area contributed by atoms with Gasteiger partial charge in [0.15, 0.2) is 0 Å². The molecule has 3 aromatic rings. The number of fused-ring (bicyclic) bond motifs is 1. The lowest BCUT2D eigenvalue weighted by Crippen LogP contribution is -2.30. The Bertz CT molecular complexity index is 1480. The average molecular weight is 434 g/mol. The van der Waals surface area contributed by atoms with Crippen molar-refractivity contribution >= 4 is 17.6 Å². The van der Waals surface area contributed by atoms with Gasteiger partial charge in [0.2, 0.25) is 11.8 Å². The molecule has 2 heterocycles. The Morgan fingerprint density at radius 3 is 2.62 bits per heavy atom. The standard InChI is InChI=1S/C23H19FN4O4/c1-13(29)25-11-10-17-16-4-2-3-5-19(16)26-20(17)12-18-21(30)27-23(32)28(22(18)31)15-8-6-14(24)7-9-15/h2-9,12,31H,10-11H2,1H3,(H,25,29)(H,27,30,32)/b20-12-. The number of aromatic nitrogens is 2. The van der Waals surface area contributed by atoms with Gasteiger partial charge in [-0.25, -0.2) is 18.7 Å². The molecule has 1 amide bonds. The SMILES string of the molecule is CC(=O)NCCC1=c2ccccc2=N/C1=C\c1c(O)n(-c2ccc(F)cc2)c(=O)[nH]c1=O. The van der Waals surface area contributed by atoms with Gasteiger partial charge < -0.3 is 10.4 Å². The molecule has 3 N–H and O–H groups in total. The first kappa shape index (κ1) is 21.0. The third-order valence-electron chi connectivity index (χ3n) is 5.01. The summed E-state index contributed by atoms with van der Waals surface area (Å²) in [4.78, 5) is 42.9. The average Bonchev–Trinajstić information content (AvgIpc) is 3.09. The van der Waals surface area contributed by atoms with Crippen LogP contribution >= 0.6 is 0 Å². The van der Waals surface area contributed by atoms with Crippen molar-refractivity contribution in [2.45, 2.75) is 13.3 Å². The van der Waals surface area contributed by atoms with E-state index in [1.807, 2.05) is 24.3 Å². The Hall–Kier alpha value is -4.27. The lowest BCUT2D eigenvalue weighted by molar-refractivity contribution is -0.118. The number of aromatic hydroxyl groups is 1. The van der Waals surface area contributed by atoms with Gasteiger partial charge in [-0.15, -0.1) is 0 Å². The van der Waals surface area contributed by atoms with E-state index in [9.17, 15) is 23.9 Å². The number of hydrogen-bond donors (Lipinski definition) is 3. The lowest BCUT2D eigenvalue weighted by atomic mass is 10.1. The molecule has 0 saturated carbocycles. The minimum Gasteiger partial charge on any atom is -0.494 e. The quantitative estimate of drug-likeness (QED) is 0.549. The maximum absolute atomic E-state index is 13.3. The molecule has 1 aliphatic rings. The Morgan fingerprint density at radius 1 is 1.19 bits per heavy atom. The van der Waals surface area contributed by atoms with Crippen molar-refractivity contribution in [3.63, 3.8) is 0 Å². The summed E-state index contributed by atoms with van der Waals surface area (Å²) in [7, 11) is 0. The highest BCUT2D eigenvalue weighted by atomic mass is 19.1. The number of nitrogens with zero attached hydrogens (tertiary/aromatic N) is 2. The number of rotatable bonds is 5. The van der Waals surface area contributed by atoms with Crippen LogP contribution in [-0.4, -0.2) is 27.1 Å². The van der Waals surface area contributed by atoms with Crippen molar-refractivity contribution in [1.82, 2.24) is 14.9 Å². The van der Waals surface area contributed by atoms with Gasteiger partial charge in [-0.05, 0) is 48.4 Å². The highest BCUT2D eigenvalue weighted by Gasteiger charge is 2.18. The molecular weight excluding hydrogens is 415 g/mol. The van der Waals surface area contributed by atoms with Crippen LogP contribution in [0, 0.1) is 5.82 Å². The zero-order chi connectivity index (χ0) is 22.8. The maximum Gasteiger partial charge on any atom is 0.335 e. The van der Waals surface area contributed by atoms with Gasteiger partial charge in [0.05, 0.1) is 16.7 Å². The number of carbonyl (C=O) groups excluding carboxylic acids is 1. The van der Waals surface area contributed by atoms with E-state index in [4.69, 9.17) is 0 Å². The van der Waals surface area contributed by atoms with Crippen LogP contribution in [0.5, 0.6) is 5.88 Å². The zero-order valence-electron chi connectivity index (χ0n) is 17.1. The van der Waals surface area contributed by atoms with Crippen molar-refractivity contribution in [3.05, 3.63) is 97.0 Å². The Labute approximate surface area is 180 Å². The van der Waals surface area contributed by atoms with Gasteiger partial charge in [-0.3, -0.25) is 14.6 Å². The molecule has 0 spiro atoms. The van der Waals surface area contributed by atoms with Crippen LogP contribution in [0.15, 0.2) is 68.8 Å². The summed E-state index contributed by atoms with van der Waals surface area (Å²) in [5.74, 6) is -1.26. The normalized spacial score (nSPS) is 13.7. The number of hydrogen-bond acceptors (Lipinski definition) is 5. The first-order valence-electron chi connectivity index (χ1n) is 9.83. The van der Waals surface area contributed by atoms with Gasteiger partial charge in [0, 0.05) is 18.7 Å². The topological polar surface area (TPSA) is 117 Å². The molecule has 0 bridgehead atoms.